The van der Waals surface area contributed by atoms with Crippen molar-refractivity contribution >= 4 is 65.0 Å². The van der Waals surface area contributed by atoms with Gasteiger partial charge < -0.3 is 11.1 Å². The van der Waals surface area contributed by atoms with Gasteiger partial charge in [0.05, 0.1) is 21.3 Å². The zero-order valence-corrected chi connectivity index (χ0v) is 17.6. The minimum atomic E-state index is 0. The first-order valence-electron chi connectivity index (χ1n) is 7.85. The number of carbonyl (C=O) groups excluding carboxylic acids is 1. The van der Waals surface area contributed by atoms with Crippen LogP contribution in [0.15, 0.2) is 17.5 Å². The number of carbonyl (C=O) groups is 1. The third-order valence-corrected chi connectivity index (χ3v) is 6.53. The molecule has 0 spiro atoms. The second-order valence-corrected chi connectivity index (χ2v) is 8.45. The highest BCUT2D eigenvalue weighted by Gasteiger charge is 2.25. The topological polar surface area (TPSA) is 68.0 Å². The zero-order valence-electron chi connectivity index (χ0n) is 13.6. The summed E-state index contributed by atoms with van der Waals surface area (Å²) >= 11 is 9.01. The number of nitrogens with one attached hydrogen (secondary N) is 1. The Kier molecular flexibility index (Phi) is 9.70. The fraction of sp³-hybridized carbons (Fsp3) is 0.500. The van der Waals surface area contributed by atoms with Crippen molar-refractivity contribution in [3.63, 3.8) is 0 Å². The average molecular weight is 443 g/mol. The molecule has 4 nitrogen and oxygen atoms in total. The summed E-state index contributed by atoms with van der Waals surface area (Å²) < 4.78 is 0.750. The summed E-state index contributed by atoms with van der Waals surface area (Å²) in [7, 11) is 0. The van der Waals surface area contributed by atoms with E-state index >= 15 is 0 Å². The average Bonchev–Trinajstić information content (AvgIpc) is 3.16. The molecule has 1 aliphatic carbocycles. The van der Waals surface area contributed by atoms with Crippen LogP contribution in [-0.2, 0) is 11.2 Å². The highest BCUT2D eigenvalue weighted by molar-refractivity contribution is 7.23. The molecule has 1 amide bonds. The van der Waals surface area contributed by atoms with Gasteiger partial charge in [-0.15, -0.1) is 47.5 Å². The lowest BCUT2D eigenvalue weighted by molar-refractivity contribution is -0.121. The van der Waals surface area contributed by atoms with E-state index in [0.29, 0.717) is 18.9 Å². The van der Waals surface area contributed by atoms with E-state index in [4.69, 9.17) is 17.3 Å². The van der Waals surface area contributed by atoms with Crippen LogP contribution in [0.3, 0.4) is 0 Å². The van der Waals surface area contributed by atoms with Gasteiger partial charge >= 0.3 is 0 Å². The molecule has 140 valence electrons. The van der Waals surface area contributed by atoms with Crippen LogP contribution in [0.25, 0.3) is 9.88 Å². The molecule has 3 N–H and O–H groups in total. The van der Waals surface area contributed by atoms with E-state index < -0.39 is 0 Å². The third-order valence-electron chi connectivity index (χ3n) is 4.24. The number of thiazole rings is 1. The molecule has 25 heavy (non-hydrogen) atoms. The largest absolute Gasteiger partial charge is 0.353 e. The third kappa shape index (κ3) is 6.08. The van der Waals surface area contributed by atoms with Crippen molar-refractivity contribution in [3.8, 4) is 9.88 Å². The molecule has 2 heterocycles. The lowest BCUT2D eigenvalue weighted by Gasteiger charge is -2.31. The molecule has 2 atom stereocenters. The van der Waals surface area contributed by atoms with Crippen molar-refractivity contribution in [1.82, 2.24) is 10.3 Å². The number of thiophene rings is 1. The Bertz CT molecular complexity index is 677. The van der Waals surface area contributed by atoms with Crippen molar-refractivity contribution in [1.29, 1.82) is 0 Å². The molecule has 1 saturated carbocycles. The first-order valence-corrected chi connectivity index (χ1v) is 9.92. The number of hydrogen-bond donors (Lipinski definition) is 2. The summed E-state index contributed by atoms with van der Waals surface area (Å²) in [6.07, 6.45) is 4.85. The molecule has 0 radical (unpaired) electrons. The number of nitrogens with zero attached hydrogens (tertiary/aromatic N) is 1. The molecule has 0 bridgehead atoms. The maximum atomic E-state index is 12.3. The summed E-state index contributed by atoms with van der Waals surface area (Å²) in [6, 6.07) is 4.05. The molecule has 9 heteroatoms. The lowest BCUT2D eigenvalue weighted by atomic mass is 9.84. The Morgan fingerprint density at radius 2 is 2.08 bits per heavy atom. The Morgan fingerprint density at radius 1 is 1.32 bits per heavy atom. The van der Waals surface area contributed by atoms with Crippen LogP contribution in [0.2, 0.25) is 4.34 Å². The number of rotatable bonds is 5. The second kappa shape index (κ2) is 10.7. The minimum absolute atomic E-state index is 0. The number of halogens is 3. The highest BCUT2D eigenvalue weighted by atomic mass is 35.5. The predicted octanol–water partition coefficient (Wildman–Crippen LogP) is 4.54. The molecule has 3 rings (SSSR count). The summed E-state index contributed by atoms with van der Waals surface area (Å²) in [5.41, 5.74) is 6.63. The smallest absolute Gasteiger partial charge is 0.226 e. The van der Waals surface area contributed by atoms with Crippen LogP contribution in [0.5, 0.6) is 0 Å². The summed E-state index contributed by atoms with van der Waals surface area (Å²) in [4.78, 5) is 17.9. The first kappa shape index (κ1) is 22.7. The van der Waals surface area contributed by atoms with Crippen molar-refractivity contribution in [2.75, 3.05) is 6.54 Å². The first-order chi connectivity index (χ1) is 11.2. The second-order valence-electron chi connectivity index (χ2n) is 5.88. The van der Waals surface area contributed by atoms with E-state index in [2.05, 4.69) is 10.3 Å². The van der Waals surface area contributed by atoms with Crippen molar-refractivity contribution < 1.29 is 4.79 Å². The summed E-state index contributed by atoms with van der Waals surface area (Å²) in [6.45, 7) is 0.644. The van der Waals surface area contributed by atoms with E-state index in [-0.39, 0.29) is 36.8 Å². The molecule has 1 fully saturated rings. The van der Waals surface area contributed by atoms with Gasteiger partial charge in [0.15, 0.2) is 0 Å². The quantitative estimate of drug-likeness (QED) is 0.714. The number of nitrogens with two attached hydrogens (primary N) is 1. The van der Waals surface area contributed by atoms with Gasteiger partial charge in [0, 0.05) is 11.4 Å². The summed E-state index contributed by atoms with van der Waals surface area (Å²) in [5, 5.41) is 6.02. The standard InChI is InChI=1S/C16H20ClN3OS2.2ClH/c17-14-6-5-13(23-14)16-19-11(9-22-16)7-15(21)20-12-4-2-1-3-10(12)8-18;;/h5-6,9-10,12H,1-4,7-8,18H2,(H,20,21);2*1H. The molecule has 1 aliphatic rings. The van der Waals surface area contributed by atoms with Gasteiger partial charge in [-0.1, -0.05) is 24.4 Å². The van der Waals surface area contributed by atoms with Crippen LogP contribution in [0.1, 0.15) is 31.4 Å². The predicted molar refractivity (Wildman–Crippen MR) is 112 cm³/mol. The van der Waals surface area contributed by atoms with Gasteiger partial charge in [0.2, 0.25) is 5.91 Å². The van der Waals surface area contributed by atoms with Crippen LogP contribution in [0.4, 0.5) is 0 Å². The van der Waals surface area contributed by atoms with E-state index in [9.17, 15) is 4.79 Å². The van der Waals surface area contributed by atoms with E-state index in [1.807, 2.05) is 17.5 Å². The fourth-order valence-electron chi connectivity index (χ4n) is 3.03. The van der Waals surface area contributed by atoms with E-state index in [0.717, 1.165) is 32.8 Å². The summed E-state index contributed by atoms with van der Waals surface area (Å²) in [5.74, 6) is 0.448. The Balaban J connectivity index is 0.00000156. The normalized spacial score (nSPS) is 19.6. The number of hydrogen-bond acceptors (Lipinski definition) is 5. The zero-order chi connectivity index (χ0) is 16.2. The Hall–Kier alpha value is -0.370. The van der Waals surface area contributed by atoms with E-state index in [1.54, 1.807) is 11.3 Å². The fourth-order valence-corrected chi connectivity index (χ4v) is 4.97. The van der Waals surface area contributed by atoms with Gasteiger partial charge in [-0.2, -0.15) is 0 Å². The molecule has 0 aliphatic heterocycles. The van der Waals surface area contributed by atoms with Gasteiger partial charge in [-0.25, -0.2) is 4.98 Å². The minimum Gasteiger partial charge on any atom is -0.353 e. The van der Waals surface area contributed by atoms with Gasteiger partial charge in [0.1, 0.15) is 5.01 Å². The molecule has 0 aromatic carbocycles. The number of aromatic nitrogens is 1. The molecule has 0 saturated heterocycles. The van der Waals surface area contributed by atoms with Crippen LogP contribution in [0, 0.1) is 5.92 Å². The van der Waals surface area contributed by atoms with E-state index in [1.165, 1.54) is 24.2 Å². The van der Waals surface area contributed by atoms with Gasteiger partial charge in [-0.05, 0) is 37.4 Å². The van der Waals surface area contributed by atoms with Gasteiger partial charge in [0.25, 0.3) is 0 Å². The van der Waals surface area contributed by atoms with Crippen LogP contribution in [-0.4, -0.2) is 23.5 Å². The Labute approximate surface area is 173 Å². The molecule has 2 aromatic rings. The lowest BCUT2D eigenvalue weighted by Crippen LogP contribution is -2.45. The highest BCUT2D eigenvalue weighted by Crippen LogP contribution is 2.33. The molecule has 2 unspecified atom stereocenters. The SMILES string of the molecule is Cl.Cl.NCC1CCCCC1NC(=O)Cc1csc(-c2ccc(Cl)s2)n1. The number of amides is 1. The Morgan fingerprint density at radius 3 is 2.76 bits per heavy atom. The van der Waals surface area contributed by atoms with Gasteiger partial charge in [-0.3, -0.25) is 4.79 Å². The van der Waals surface area contributed by atoms with Crippen molar-refractivity contribution in [2.45, 2.75) is 38.1 Å². The molecular weight excluding hydrogens is 421 g/mol. The van der Waals surface area contributed by atoms with Crippen molar-refractivity contribution in [2.24, 2.45) is 11.7 Å². The maximum Gasteiger partial charge on any atom is 0.226 e. The van der Waals surface area contributed by atoms with Crippen LogP contribution >= 0.6 is 59.1 Å². The van der Waals surface area contributed by atoms with Crippen molar-refractivity contribution in [3.05, 3.63) is 27.5 Å². The molecular formula is C16H22Cl3N3OS2. The monoisotopic (exact) mass is 441 g/mol. The molecule has 2 aromatic heterocycles. The van der Waals surface area contributed by atoms with Crippen LogP contribution < -0.4 is 11.1 Å². The maximum absolute atomic E-state index is 12.3.